The van der Waals surface area contributed by atoms with E-state index < -0.39 is 0 Å². The van der Waals surface area contributed by atoms with E-state index in [1.165, 1.54) is 38.2 Å². The van der Waals surface area contributed by atoms with Crippen molar-refractivity contribution >= 4 is 21.5 Å². The van der Waals surface area contributed by atoms with Crippen LogP contribution < -0.4 is 4.74 Å². The van der Waals surface area contributed by atoms with Crippen LogP contribution in [-0.2, 0) is 5.41 Å². The van der Waals surface area contributed by atoms with Crippen molar-refractivity contribution in [1.82, 2.24) is 0 Å². The largest absolute Gasteiger partial charge is 0.456 e. The molecule has 0 N–H and O–H groups in total. The molecule has 1 aliphatic heterocycles. The topological polar surface area (TPSA) is 9.23 Å². The molecule has 0 unspecified atom stereocenters. The first-order chi connectivity index (χ1) is 15.0. The molecular formula is C30H24O. The van der Waals surface area contributed by atoms with Crippen LogP contribution in [0.3, 0.4) is 0 Å². The van der Waals surface area contributed by atoms with Gasteiger partial charge in [-0.2, -0.15) is 0 Å². The Kier molecular flexibility index (Phi) is 3.79. The summed E-state index contributed by atoms with van der Waals surface area (Å²) >= 11 is 0. The van der Waals surface area contributed by atoms with E-state index in [1.807, 2.05) is 6.07 Å². The van der Waals surface area contributed by atoms with Gasteiger partial charge in [0.05, 0.1) is 0 Å². The Balaban J connectivity index is 1.91. The number of para-hydroxylation sites is 2. The van der Waals surface area contributed by atoms with Gasteiger partial charge in [-0.05, 0) is 50.7 Å². The molecule has 0 bridgehead atoms. The Morgan fingerprint density at radius 3 is 1.68 bits per heavy atom. The summed E-state index contributed by atoms with van der Waals surface area (Å²) < 4.78 is 6.48. The van der Waals surface area contributed by atoms with Gasteiger partial charge in [0, 0.05) is 22.3 Å². The van der Waals surface area contributed by atoms with Crippen LogP contribution in [0.25, 0.3) is 43.8 Å². The fourth-order valence-corrected chi connectivity index (χ4v) is 4.86. The van der Waals surface area contributed by atoms with Gasteiger partial charge in [-0.25, -0.2) is 0 Å². The summed E-state index contributed by atoms with van der Waals surface area (Å²) in [5.74, 6) is 1.82. The first-order valence-corrected chi connectivity index (χ1v) is 10.9. The average molecular weight is 401 g/mol. The second-order valence-electron chi connectivity index (χ2n) is 9.40. The molecule has 31 heavy (non-hydrogen) atoms. The van der Waals surface area contributed by atoms with E-state index in [2.05, 4.69) is 106 Å². The Morgan fingerprint density at radius 1 is 0.516 bits per heavy atom. The summed E-state index contributed by atoms with van der Waals surface area (Å²) in [6, 6.07) is 32.6. The lowest BCUT2D eigenvalue weighted by Gasteiger charge is -2.22. The molecule has 0 saturated heterocycles. The highest BCUT2D eigenvalue weighted by atomic mass is 16.5. The number of fused-ring (bicyclic) bond motifs is 10. The van der Waals surface area contributed by atoms with Crippen LogP contribution in [0, 0.1) is 0 Å². The van der Waals surface area contributed by atoms with Crippen LogP contribution in [0.1, 0.15) is 26.3 Å². The quantitative estimate of drug-likeness (QED) is 0.232. The van der Waals surface area contributed by atoms with Gasteiger partial charge in [-0.1, -0.05) is 93.6 Å². The van der Waals surface area contributed by atoms with Crippen molar-refractivity contribution in [3.63, 3.8) is 0 Å². The summed E-state index contributed by atoms with van der Waals surface area (Å²) in [7, 11) is 0. The first kappa shape index (κ1) is 18.2. The fraction of sp³-hybridized carbons (Fsp3) is 0.133. The second-order valence-corrected chi connectivity index (χ2v) is 9.40. The fourth-order valence-electron chi connectivity index (χ4n) is 4.86. The van der Waals surface area contributed by atoms with E-state index in [0.29, 0.717) is 0 Å². The van der Waals surface area contributed by atoms with Gasteiger partial charge in [-0.15, -0.1) is 0 Å². The molecule has 5 aromatic carbocycles. The lowest BCUT2D eigenvalue weighted by Crippen LogP contribution is -2.10. The van der Waals surface area contributed by atoms with E-state index in [9.17, 15) is 0 Å². The van der Waals surface area contributed by atoms with E-state index in [1.54, 1.807) is 0 Å². The molecule has 1 nitrogen and oxygen atoms in total. The van der Waals surface area contributed by atoms with Gasteiger partial charge in [-0.3, -0.25) is 0 Å². The molecule has 0 aliphatic carbocycles. The van der Waals surface area contributed by atoms with E-state index >= 15 is 0 Å². The molecule has 150 valence electrons. The van der Waals surface area contributed by atoms with Gasteiger partial charge in [0.15, 0.2) is 0 Å². The monoisotopic (exact) mass is 400 g/mol. The lowest BCUT2D eigenvalue weighted by atomic mass is 9.81. The summed E-state index contributed by atoms with van der Waals surface area (Å²) in [6.07, 6.45) is 0. The molecule has 0 saturated carbocycles. The van der Waals surface area contributed by atoms with Crippen molar-refractivity contribution in [3.05, 3.63) is 96.6 Å². The van der Waals surface area contributed by atoms with Gasteiger partial charge >= 0.3 is 0 Å². The third kappa shape index (κ3) is 2.70. The van der Waals surface area contributed by atoms with Gasteiger partial charge in [0.1, 0.15) is 11.5 Å². The summed E-state index contributed by atoms with van der Waals surface area (Å²) in [5, 5.41) is 5.12. The molecule has 1 heterocycles. The Morgan fingerprint density at radius 2 is 1.03 bits per heavy atom. The first-order valence-electron chi connectivity index (χ1n) is 10.9. The molecule has 1 heteroatoms. The number of hydrogen-bond donors (Lipinski definition) is 0. The van der Waals surface area contributed by atoms with Gasteiger partial charge < -0.3 is 4.74 Å². The number of hydrogen-bond acceptors (Lipinski definition) is 1. The third-order valence-electron chi connectivity index (χ3n) is 6.42. The predicted molar refractivity (Wildman–Crippen MR) is 131 cm³/mol. The Bertz CT molecular complexity index is 1480. The van der Waals surface area contributed by atoms with Crippen LogP contribution >= 0.6 is 0 Å². The number of benzene rings is 5. The minimum Gasteiger partial charge on any atom is -0.456 e. The van der Waals surface area contributed by atoms with Crippen molar-refractivity contribution in [2.45, 2.75) is 26.2 Å². The van der Waals surface area contributed by atoms with E-state index in [0.717, 1.165) is 22.6 Å². The molecule has 6 rings (SSSR count). The Hall–Kier alpha value is -3.58. The molecule has 0 amide bonds. The van der Waals surface area contributed by atoms with Gasteiger partial charge in [0.2, 0.25) is 0 Å². The zero-order valence-corrected chi connectivity index (χ0v) is 18.1. The summed E-state index contributed by atoms with van der Waals surface area (Å²) in [5.41, 5.74) is 6.23. The van der Waals surface area contributed by atoms with Crippen LogP contribution in [0.2, 0.25) is 0 Å². The highest BCUT2D eigenvalue weighted by molar-refractivity contribution is 6.22. The highest BCUT2D eigenvalue weighted by Gasteiger charge is 2.26. The standard InChI is InChI=1S/C30H24O/c1-30(2,3)19-16-17-21-20-10-4-5-11-22(20)28-23-12-6-8-14-26(23)31-27-15-9-7-13-24(27)29(28)25(21)18-19/h4-18H,1-3H3. The van der Waals surface area contributed by atoms with Crippen LogP contribution in [0.15, 0.2) is 91.0 Å². The zero-order chi connectivity index (χ0) is 21.2. The third-order valence-corrected chi connectivity index (χ3v) is 6.42. The zero-order valence-electron chi connectivity index (χ0n) is 18.1. The maximum Gasteiger partial charge on any atom is 0.135 e. The summed E-state index contributed by atoms with van der Waals surface area (Å²) in [4.78, 5) is 0. The van der Waals surface area contributed by atoms with E-state index in [-0.39, 0.29) is 5.41 Å². The maximum atomic E-state index is 6.48. The van der Waals surface area contributed by atoms with Crippen LogP contribution in [0.4, 0.5) is 0 Å². The molecule has 0 aromatic heterocycles. The molecule has 0 radical (unpaired) electrons. The molecule has 5 aromatic rings. The van der Waals surface area contributed by atoms with Gasteiger partial charge in [0.25, 0.3) is 0 Å². The highest BCUT2D eigenvalue weighted by Crippen LogP contribution is 2.52. The maximum absolute atomic E-state index is 6.48. The molecule has 0 spiro atoms. The number of rotatable bonds is 0. The SMILES string of the molecule is CC(C)(C)c1ccc2c(c1)c1c(c3ccccc32)-c2ccccc2Oc2ccccc2-1. The molecule has 1 aliphatic rings. The molecule has 0 fully saturated rings. The lowest BCUT2D eigenvalue weighted by molar-refractivity contribution is 0.488. The van der Waals surface area contributed by atoms with Crippen molar-refractivity contribution in [1.29, 1.82) is 0 Å². The van der Waals surface area contributed by atoms with Crippen molar-refractivity contribution in [2.75, 3.05) is 0 Å². The predicted octanol–water partition coefficient (Wildman–Crippen LogP) is 8.73. The van der Waals surface area contributed by atoms with Crippen molar-refractivity contribution in [2.24, 2.45) is 0 Å². The van der Waals surface area contributed by atoms with Crippen molar-refractivity contribution < 1.29 is 4.74 Å². The normalized spacial score (nSPS) is 12.6. The molecule has 0 atom stereocenters. The Labute approximate surface area is 182 Å². The smallest absolute Gasteiger partial charge is 0.135 e. The summed E-state index contributed by atoms with van der Waals surface area (Å²) in [6.45, 7) is 6.83. The molecular weight excluding hydrogens is 376 g/mol. The van der Waals surface area contributed by atoms with Crippen LogP contribution in [0.5, 0.6) is 11.5 Å². The number of ether oxygens (including phenoxy) is 1. The van der Waals surface area contributed by atoms with Crippen molar-refractivity contribution in [3.8, 4) is 33.8 Å². The van der Waals surface area contributed by atoms with E-state index in [4.69, 9.17) is 4.74 Å². The minimum absolute atomic E-state index is 0.0748. The average Bonchev–Trinajstić information content (AvgIpc) is 2.93. The minimum atomic E-state index is 0.0748. The second kappa shape index (κ2) is 6.46. The van der Waals surface area contributed by atoms with Crippen LogP contribution in [-0.4, -0.2) is 0 Å².